The zero-order chi connectivity index (χ0) is 18.9. The molecule has 8 nitrogen and oxygen atoms in total. The first-order valence-corrected chi connectivity index (χ1v) is 11.4. The van der Waals surface area contributed by atoms with Gasteiger partial charge in [-0.15, -0.1) is 0 Å². The number of aromatic nitrogens is 3. The summed E-state index contributed by atoms with van der Waals surface area (Å²) in [6.45, 7) is 0.513. The van der Waals surface area contributed by atoms with Crippen molar-refractivity contribution in [1.29, 1.82) is 0 Å². The Bertz CT molecular complexity index is 826. The standard InChI is InChI=1S/C17H28N4O4S/c1-19(13-8-5-6-9-14(13)26(2,24)25)16(22)12-21-17(23)20-11-7-3-4-10-15(20)18-21/h13-14H,3-12H2,1-2H3/t13-,14+/m1/s1. The lowest BCUT2D eigenvalue weighted by atomic mass is 9.94. The molecule has 2 atom stereocenters. The summed E-state index contributed by atoms with van der Waals surface area (Å²) in [5, 5.41) is 3.82. The fraction of sp³-hybridized carbons (Fsp3) is 0.824. The Kier molecular flexibility index (Phi) is 5.55. The lowest BCUT2D eigenvalue weighted by Gasteiger charge is -2.36. The molecule has 1 amide bonds. The summed E-state index contributed by atoms with van der Waals surface area (Å²) in [5.41, 5.74) is -0.244. The predicted octanol–water partition coefficient (Wildman–Crippen LogP) is 0.585. The molecule has 3 rings (SSSR count). The van der Waals surface area contributed by atoms with Crippen LogP contribution >= 0.6 is 0 Å². The smallest absolute Gasteiger partial charge is 0.340 e. The third kappa shape index (κ3) is 3.87. The third-order valence-corrected chi connectivity index (χ3v) is 7.32. The normalized spacial score (nSPS) is 23.9. The van der Waals surface area contributed by atoms with Crippen molar-refractivity contribution in [3.05, 3.63) is 16.3 Å². The number of hydrogen-bond acceptors (Lipinski definition) is 5. The molecule has 2 heterocycles. The zero-order valence-corrected chi connectivity index (χ0v) is 16.4. The second-order valence-electron chi connectivity index (χ2n) is 7.54. The summed E-state index contributed by atoms with van der Waals surface area (Å²) < 4.78 is 27.1. The Morgan fingerprint density at radius 3 is 2.65 bits per heavy atom. The highest BCUT2D eigenvalue weighted by molar-refractivity contribution is 7.91. The van der Waals surface area contributed by atoms with Crippen LogP contribution in [0.5, 0.6) is 0 Å². The van der Waals surface area contributed by atoms with E-state index in [0.29, 0.717) is 19.4 Å². The van der Waals surface area contributed by atoms with Crippen LogP contribution in [0.15, 0.2) is 4.79 Å². The minimum absolute atomic E-state index is 0.137. The van der Waals surface area contributed by atoms with Gasteiger partial charge >= 0.3 is 5.69 Å². The summed E-state index contributed by atoms with van der Waals surface area (Å²) >= 11 is 0. The van der Waals surface area contributed by atoms with E-state index in [1.54, 1.807) is 11.6 Å². The highest BCUT2D eigenvalue weighted by Gasteiger charge is 2.37. The molecule has 146 valence electrons. The molecule has 1 fully saturated rings. The number of amides is 1. The number of likely N-dealkylation sites (N-methyl/N-ethyl adjacent to an activating group) is 1. The Morgan fingerprint density at radius 1 is 1.19 bits per heavy atom. The molecule has 0 N–H and O–H groups in total. The molecule has 0 spiro atoms. The van der Waals surface area contributed by atoms with E-state index in [1.807, 2.05) is 0 Å². The second kappa shape index (κ2) is 7.54. The van der Waals surface area contributed by atoms with Crippen molar-refractivity contribution in [2.75, 3.05) is 13.3 Å². The van der Waals surface area contributed by atoms with Crippen molar-refractivity contribution in [1.82, 2.24) is 19.2 Å². The number of rotatable bonds is 4. The van der Waals surface area contributed by atoms with Crippen LogP contribution < -0.4 is 5.69 Å². The SMILES string of the molecule is CN(C(=O)Cn1nc2n(c1=O)CCCCC2)[C@@H]1CCCC[C@@H]1S(C)(=O)=O. The number of hydrogen-bond donors (Lipinski definition) is 0. The average molecular weight is 385 g/mol. The van der Waals surface area contributed by atoms with Gasteiger partial charge in [0.15, 0.2) is 9.84 Å². The molecule has 2 aliphatic rings. The maximum atomic E-state index is 12.7. The van der Waals surface area contributed by atoms with E-state index in [1.165, 1.54) is 15.8 Å². The van der Waals surface area contributed by atoms with Gasteiger partial charge in [0, 0.05) is 32.3 Å². The quantitative estimate of drug-likeness (QED) is 0.757. The summed E-state index contributed by atoms with van der Waals surface area (Å²) in [4.78, 5) is 26.8. The maximum Gasteiger partial charge on any atom is 0.346 e. The zero-order valence-electron chi connectivity index (χ0n) is 15.6. The van der Waals surface area contributed by atoms with Crippen LogP contribution in [0, 0.1) is 0 Å². The van der Waals surface area contributed by atoms with Crippen LogP contribution in [0.1, 0.15) is 50.8 Å². The predicted molar refractivity (Wildman–Crippen MR) is 97.7 cm³/mol. The van der Waals surface area contributed by atoms with Gasteiger partial charge in [-0.05, 0) is 25.7 Å². The molecule has 1 aromatic heterocycles. The molecule has 0 radical (unpaired) electrons. The number of carbonyl (C=O) groups excluding carboxylic acids is 1. The summed E-state index contributed by atoms with van der Waals surface area (Å²) in [6.07, 6.45) is 8.06. The van der Waals surface area contributed by atoms with E-state index < -0.39 is 15.1 Å². The van der Waals surface area contributed by atoms with E-state index >= 15 is 0 Å². The van der Waals surface area contributed by atoms with Crippen molar-refractivity contribution in [2.45, 2.75) is 75.7 Å². The van der Waals surface area contributed by atoms with Gasteiger partial charge in [-0.1, -0.05) is 19.3 Å². The van der Waals surface area contributed by atoms with Gasteiger partial charge in [0.1, 0.15) is 12.4 Å². The molecule has 0 bridgehead atoms. The summed E-state index contributed by atoms with van der Waals surface area (Å²) in [6, 6.07) is -0.331. The Morgan fingerprint density at radius 2 is 1.92 bits per heavy atom. The number of fused-ring (bicyclic) bond motifs is 1. The fourth-order valence-electron chi connectivity index (χ4n) is 4.17. The first kappa shape index (κ1) is 19.1. The number of nitrogens with zero attached hydrogens (tertiary/aromatic N) is 4. The Hall–Kier alpha value is -1.64. The molecule has 1 saturated carbocycles. The fourth-order valence-corrected chi connectivity index (χ4v) is 5.66. The number of sulfone groups is 1. The monoisotopic (exact) mass is 384 g/mol. The van der Waals surface area contributed by atoms with E-state index in [-0.39, 0.29) is 24.2 Å². The molecule has 1 aliphatic heterocycles. The summed E-state index contributed by atoms with van der Waals surface area (Å²) in [7, 11) is -1.58. The molecule has 0 aromatic carbocycles. The van der Waals surface area contributed by atoms with Crippen molar-refractivity contribution in [2.24, 2.45) is 0 Å². The van der Waals surface area contributed by atoms with Crippen LogP contribution in [0.4, 0.5) is 0 Å². The molecule has 0 unspecified atom stereocenters. The minimum atomic E-state index is -3.22. The van der Waals surface area contributed by atoms with Gasteiger partial charge in [-0.2, -0.15) is 5.10 Å². The van der Waals surface area contributed by atoms with Crippen LogP contribution in [0.3, 0.4) is 0 Å². The van der Waals surface area contributed by atoms with Gasteiger partial charge in [0.05, 0.1) is 5.25 Å². The Balaban J connectivity index is 1.76. The van der Waals surface area contributed by atoms with Crippen molar-refractivity contribution < 1.29 is 13.2 Å². The topological polar surface area (TPSA) is 94.3 Å². The second-order valence-corrected chi connectivity index (χ2v) is 9.81. The number of carbonyl (C=O) groups is 1. The van der Waals surface area contributed by atoms with Gasteiger partial charge < -0.3 is 4.90 Å². The largest absolute Gasteiger partial charge is 0.346 e. The first-order valence-electron chi connectivity index (χ1n) is 9.40. The molecule has 26 heavy (non-hydrogen) atoms. The van der Waals surface area contributed by atoms with E-state index in [2.05, 4.69) is 5.10 Å². The van der Waals surface area contributed by atoms with E-state index in [0.717, 1.165) is 44.3 Å². The van der Waals surface area contributed by atoms with Crippen LogP contribution in [-0.4, -0.2) is 58.2 Å². The van der Waals surface area contributed by atoms with Gasteiger partial charge in [-0.25, -0.2) is 17.9 Å². The molecular weight excluding hydrogens is 356 g/mol. The molecule has 9 heteroatoms. The van der Waals surface area contributed by atoms with Crippen molar-refractivity contribution in [3.8, 4) is 0 Å². The molecule has 0 saturated heterocycles. The maximum absolute atomic E-state index is 12.7. The van der Waals surface area contributed by atoms with Gasteiger partial charge in [0.25, 0.3) is 0 Å². The number of aryl methyl sites for hydroxylation is 1. The van der Waals surface area contributed by atoms with Crippen LogP contribution in [0.2, 0.25) is 0 Å². The lowest BCUT2D eigenvalue weighted by Crippen LogP contribution is -2.50. The van der Waals surface area contributed by atoms with Crippen molar-refractivity contribution >= 4 is 15.7 Å². The van der Waals surface area contributed by atoms with Crippen molar-refractivity contribution in [3.63, 3.8) is 0 Å². The molecule has 1 aliphatic carbocycles. The highest BCUT2D eigenvalue weighted by atomic mass is 32.2. The van der Waals surface area contributed by atoms with Gasteiger partial charge in [0.2, 0.25) is 5.91 Å². The van der Waals surface area contributed by atoms with Crippen LogP contribution in [-0.2, 0) is 34.1 Å². The average Bonchev–Trinajstić information content (AvgIpc) is 2.77. The van der Waals surface area contributed by atoms with E-state index in [4.69, 9.17) is 0 Å². The molecule has 1 aromatic rings. The Labute approximate surface area is 154 Å². The first-order chi connectivity index (χ1) is 12.3. The molecular formula is C17H28N4O4S. The third-order valence-electron chi connectivity index (χ3n) is 5.68. The van der Waals surface area contributed by atoms with Gasteiger partial charge in [-0.3, -0.25) is 9.36 Å². The highest BCUT2D eigenvalue weighted by Crippen LogP contribution is 2.27. The minimum Gasteiger partial charge on any atom is -0.340 e. The van der Waals surface area contributed by atoms with Crippen LogP contribution in [0.25, 0.3) is 0 Å². The van der Waals surface area contributed by atoms with E-state index in [9.17, 15) is 18.0 Å². The lowest BCUT2D eigenvalue weighted by molar-refractivity contribution is -0.133. The summed E-state index contributed by atoms with van der Waals surface area (Å²) in [5.74, 6) is 0.482.